The molecule has 10 rings (SSSR count). The molecular formula is C54H50N6. The Bertz CT molecular complexity index is 2950. The van der Waals surface area contributed by atoms with E-state index in [1.54, 1.807) is 0 Å². The molecule has 1 aliphatic rings. The summed E-state index contributed by atoms with van der Waals surface area (Å²) in [5.41, 5.74) is 15.0. The highest BCUT2D eigenvalue weighted by molar-refractivity contribution is 6.10. The number of hydrogen-bond acceptors (Lipinski definition) is 4. The number of rotatable bonds is 6. The molecule has 0 bridgehead atoms. The summed E-state index contributed by atoms with van der Waals surface area (Å²) in [5.74, 6) is 0.892. The van der Waals surface area contributed by atoms with Gasteiger partial charge in [-0.05, 0) is 119 Å². The highest BCUT2D eigenvalue weighted by atomic mass is 15.3. The Morgan fingerprint density at radius 2 is 1.15 bits per heavy atom. The van der Waals surface area contributed by atoms with Crippen molar-refractivity contribution >= 4 is 55.9 Å². The molecule has 3 aromatic heterocycles. The summed E-state index contributed by atoms with van der Waals surface area (Å²) in [5, 5.41) is 7.42. The van der Waals surface area contributed by atoms with Gasteiger partial charge in [0.1, 0.15) is 5.82 Å². The van der Waals surface area contributed by atoms with Gasteiger partial charge in [-0.2, -0.15) is 5.10 Å². The molecule has 4 heterocycles. The average molecular weight is 783 g/mol. The number of pyridine rings is 1. The summed E-state index contributed by atoms with van der Waals surface area (Å²) in [6, 6.07) is 55.1. The van der Waals surface area contributed by atoms with Crippen molar-refractivity contribution in [2.45, 2.75) is 65.2 Å². The number of fused-ring (bicyclic) bond motifs is 5. The van der Waals surface area contributed by atoms with Crippen molar-refractivity contribution in [3.05, 3.63) is 193 Å². The topological polar surface area (TPSA) is 42.1 Å². The van der Waals surface area contributed by atoms with Gasteiger partial charge < -0.3 is 9.80 Å². The molecule has 9 aromatic rings. The summed E-state index contributed by atoms with van der Waals surface area (Å²) in [4.78, 5) is 9.63. The van der Waals surface area contributed by atoms with E-state index in [1.807, 2.05) is 23.1 Å². The van der Waals surface area contributed by atoms with E-state index in [2.05, 4.69) is 208 Å². The highest BCUT2D eigenvalue weighted by Gasteiger charge is 2.26. The lowest BCUT2D eigenvalue weighted by atomic mass is 9.80. The Morgan fingerprint density at radius 1 is 0.517 bits per heavy atom. The third-order valence-electron chi connectivity index (χ3n) is 12.0. The minimum absolute atomic E-state index is 0.0606. The summed E-state index contributed by atoms with van der Waals surface area (Å²) < 4.78 is 4.31. The molecule has 0 aliphatic carbocycles. The van der Waals surface area contributed by atoms with Crippen LogP contribution >= 0.6 is 0 Å². The van der Waals surface area contributed by atoms with Crippen molar-refractivity contribution in [1.29, 1.82) is 0 Å². The molecule has 0 fully saturated rings. The van der Waals surface area contributed by atoms with E-state index in [-0.39, 0.29) is 10.8 Å². The maximum Gasteiger partial charge on any atom is 0.137 e. The summed E-state index contributed by atoms with van der Waals surface area (Å²) >= 11 is 0. The van der Waals surface area contributed by atoms with Crippen LogP contribution in [0.3, 0.4) is 0 Å². The largest absolute Gasteiger partial charge is 0.310 e. The highest BCUT2D eigenvalue weighted by Crippen LogP contribution is 2.44. The first kappa shape index (κ1) is 37.4. The molecule has 0 radical (unpaired) electrons. The second-order valence-corrected chi connectivity index (χ2v) is 18.1. The Hall–Kier alpha value is -6.92. The monoisotopic (exact) mass is 782 g/mol. The number of aryl methyl sites for hydroxylation is 2. The van der Waals surface area contributed by atoms with Crippen LogP contribution in [-0.2, 0) is 23.7 Å². The first-order valence-corrected chi connectivity index (χ1v) is 21.0. The van der Waals surface area contributed by atoms with Crippen LogP contribution in [0.1, 0.15) is 63.8 Å². The van der Waals surface area contributed by atoms with E-state index < -0.39 is 0 Å². The minimum atomic E-state index is -0.0606. The molecule has 0 atom stereocenters. The second kappa shape index (κ2) is 14.4. The first-order valence-electron chi connectivity index (χ1n) is 21.0. The van der Waals surface area contributed by atoms with E-state index in [0.29, 0.717) is 0 Å². The molecule has 0 N–H and O–H groups in total. The van der Waals surface area contributed by atoms with Crippen LogP contribution in [0, 0.1) is 0 Å². The van der Waals surface area contributed by atoms with Gasteiger partial charge in [0, 0.05) is 45.4 Å². The van der Waals surface area contributed by atoms with Gasteiger partial charge in [0.2, 0.25) is 0 Å². The lowest BCUT2D eigenvalue weighted by Gasteiger charge is -2.31. The Morgan fingerprint density at radius 3 is 1.83 bits per heavy atom. The fourth-order valence-electron chi connectivity index (χ4n) is 8.79. The molecule has 0 spiro atoms. The third-order valence-corrected chi connectivity index (χ3v) is 12.0. The Balaban J connectivity index is 1.16. The van der Waals surface area contributed by atoms with Gasteiger partial charge in [-0.1, -0.05) is 120 Å². The van der Waals surface area contributed by atoms with Gasteiger partial charge in [-0.25, -0.2) is 9.67 Å². The minimum Gasteiger partial charge on any atom is -0.310 e. The van der Waals surface area contributed by atoms with Crippen molar-refractivity contribution in [2.24, 2.45) is 0 Å². The first-order chi connectivity index (χ1) is 29.0. The van der Waals surface area contributed by atoms with Crippen LogP contribution in [0.4, 0.5) is 34.1 Å². The maximum absolute atomic E-state index is 5.03. The normalized spacial score (nSPS) is 13.0. The summed E-state index contributed by atoms with van der Waals surface area (Å²) in [6.07, 6.45) is 8.03. The number of hydrogen-bond donors (Lipinski definition) is 0. The molecule has 296 valence electrons. The van der Waals surface area contributed by atoms with Crippen LogP contribution in [-0.4, -0.2) is 19.3 Å². The molecule has 0 saturated carbocycles. The number of anilines is 6. The fraction of sp³-hybridized carbons (Fsp3) is 0.185. The average Bonchev–Trinajstić information content (AvgIpc) is 3.82. The zero-order valence-corrected chi connectivity index (χ0v) is 35.3. The van der Waals surface area contributed by atoms with Gasteiger partial charge in [-0.15, -0.1) is 0 Å². The lowest BCUT2D eigenvalue weighted by molar-refractivity contribution is 0.569. The van der Waals surface area contributed by atoms with E-state index in [1.165, 1.54) is 44.4 Å². The van der Waals surface area contributed by atoms with Crippen molar-refractivity contribution in [3.63, 3.8) is 0 Å². The second-order valence-electron chi connectivity index (χ2n) is 18.1. The van der Waals surface area contributed by atoms with Gasteiger partial charge in [0.25, 0.3) is 0 Å². The molecule has 6 nitrogen and oxygen atoms in total. The van der Waals surface area contributed by atoms with Crippen LogP contribution in [0.15, 0.2) is 170 Å². The SMILES string of the molecule is CC(C)(C)c1cc(N(c2cccc(-n3cc(N4c5ccccc5CCc5ccccc54)cn3)c2)c2ccc3c4ccccc4n(-c4ccccn4)c3c2)cc(C(C)(C)C)c1. The van der Waals surface area contributed by atoms with Gasteiger partial charge in [-0.3, -0.25) is 4.57 Å². The predicted octanol–water partition coefficient (Wildman–Crippen LogP) is 14.0. The van der Waals surface area contributed by atoms with Crippen LogP contribution < -0.4 is 9.80 Å². The molecule has 0 unspecified atom stereocenters. The molecule has 6 aromatic carbocycles. The van der Waals surface area contributed by atoms with Crippen molar-refractivity contribution in [3.8, 4) is 11.5 Å². The van der Waals surface area contributed by atoms with Crippen molar-refractivity contribution in [1.82, 2.24) is 19.3 Å². The van der Waals surface area contributed by atoms with Crippen molar-refractivity contribution < 1.29 is 0 Å². The zero-order valence-electron chi connectivity index (χ0n) is 35.3. The van der Waals surface area contributed by atoms with Crippen LogP contribution in [0.2, 0.25) is 0 Å². The summed E-state index contributed by atoms with van der Waals surface area (Å²) in [6.45, 7) is 13.8. The molecule has 6 heteroatoms. The van der Waals surface area contributed by atoms with E-state index in [4.69, 9.17) is 10.1 Å². The zero-order chi connectivity index (χ0) is 41.2. The third kappa shape index (κ3) is 6.62. The molecule has 0 saturated heterocycles. The number of nitrogens with zero attached hydrogens (tertiary/aromatic N) is 6. The van der Waals surface area contributed by atoms with Crippen LogP contribution in [0.5, 0.6) is 0 Å². The van der Waals surface area contributed by atoms with Crippen LogP contribution in [0.25, 0.3) is 33.3 Å². The fourth-order valence-corrected chi connectivity index (χ4v) is 8.79. The summed E-state index contributed by atoms with van der Waals surface area (Å²) in [7, 11) is 0. The predicted molar refractivity (Wildman–Crippen MR) is 250 cm³/mol. The molecule has 0 amide bonds. The molecule has 1 aliphatic heterocycles. The Labute approximate surface area is 353 Å². The van der Waals surface area contributed by atoms with Gasteiger partial charge in [0.15, 0.2) is 0 Å². The smallest absolute Gasteiger partial charge is 0.137 e. The molecule has 60 heavy (non-hydrogen) atoms. The standard InChI is InChI=1S/C54H50N6/c1-53(2,3)39-30-40(54(4,5)6)32-44(31-39)58(43-27-28-47-46-20-9-12-23-50(46)60(51(47)34-43)52-24-13-14-29-55-52)42-19-15-18-41(33-42)57-36-45(35-56-57)59-48-21-10-7-16-37(48)25-26-38-17-8-11-22-49(38)59/h7-24,27-36H,25-26H2,1-6H3. The van der Waals surface area contributed by atoms with Crippen molar-refractivity contribution in [2.75, 3.05) is 9.80 Å². The number of para-hydroxylation sites is 3. The Kier molecular flexibility index (Phi) is 8.98. The van der Waals surface area contributed by atoms with Gasteiger partial charge in [0.05, 0.1) is 34.8 Å². The van der Waals surface area contributed by atoms with Gasteiger partial charge >= 0.3 is 0 Å². The lowest BCUT2D eigenvalue weighted by Crippen LogP contribution is -2.19. The molecular weight excluding hydrogens is 733 g/mol. The maximum atomic E-state index is 5.03. The van der Waals surface area contributed by atoms with E-state index >= 15 is 0 Å². The number of aromatic nitrogens is 4. The number of benzene rings is 6. The van der Waals surface area contributed by atoms with E-state index in [9.17, 15) is 0 Å². The quantitative estimate of drug-likeness (QED) is 0.168. The van der Waals surface area contributed by atoms with E-state index in [0.717, 1.165) is 58.1 Å².